The van der Waals surface area contributed by atoms with E-state index < -0.39 is 0 Å². The number of benzene rings is 1. The zero-order chi connectivity index (χ0) is 15.8. The number of aromatic nitrogens is 1. The van der Waals surface area contributed by atoms with Crippen LogP contribution in [0.15, 0.2) is 36.5 Å². The van der Waals surface area contributed by atoms with E-state index in [9.17, 15) is 4.79 Å². The zero-order valence-corrected chi connectivity index (χ0v) is 13.4. The van der Waals surface area contributed by atoms with Crippen molar-refractivity contribution in [1.29, 1.82) is 0 Å². The molecular formula is C19H25N3O. The maximum absolute atomic E-state index is 12.4. The maximum Gasteiger partial charge on any atom is 0.224 e. The molecule has 4 unspecified atom stereocenters. The summed E-state index contributed by atoms with van der Waals surface area (Å²) in [6.07, 6.45) is 6.63. The van der Waals surface area contributed by atoms with Gasteiger partial charge in [0.2, 0.25) is 5.91 Å². The number of nitrogens with one attached hydrogen (secondary N) is 1. The lowest BCUT2D eigenvalue weighted by molar-refractivity contribution is -0.127. The number of amides is 1. The molecule has 0 saturated heterocycles. The molecule has 2 bridgehead atoms. The highest BCUT2D eigenvalue weighted by atomic mass is 16.1. The Hall–Kier alpha value is -1.81. The highest BCUT2D eigenvalue weighted by Gasteiger charge is 2.48. The van der Waals surface area contributed by atoms with Gasteiger partial charge in [0.15, 0.2) is 0 Å². The Balaban J connectivity index is 1.28. The van der Waals surface area contributed by atoms with E-state index in [1.807, 2.05) is 0 Å². The first-order valence-electron chi connectivity index (χ1n) is 8.81. The molecule has 0 spiro atoms. The molecule has 1 amide bonds. The quantitative estimate of drug-likeness (QED) is 0.834. The van der Waals surface area contributed by atoms with Gasteiger partial charge in [0, 0.05) is 30.8 Å². The molecule has 122 valence electrons. The Morgan fingerprint density at radius 1 is 1.22 bits per heavy atom. The Labute approximate surface area is 137 Å². The molecule has 3 N–H and O–H groups in total. The van der Waals surface area contributed by atoms with Crippen molar-refractivity contribution in [1.82, 2.24) is 9.88 Å². The number of fused-ring (bicyclic) bond motifs is 3. The van der Waals surface area contributed by atoms with E-state index in [-0.39, 0.29) is 17.9 Å². The summed E-state index contributed by atoms with van der Waals surface area (Å²) >= 11 is 0. The molecule has 2 aliphatic rings. The number of hydrogen-bond acceptors (Lipinski definition) is 2. The summed E-state index contributed by atoms with van der Waals surface area (Å²) in [5.41, 5.74) is 7.50. The zero-order valence-electron chi connectivity index (χ0n) is 13.4. The molecule has 4 nitrogen and oxygen atoms in total. The van der Waals surface area contributed by atoms with Crippen LogP contribution in [0.25, 0.3) is 10.9 Å². The fourth-order valence-corrected chi connectivity index (χ4v) is 4.64. The average Bonchev–Trinajstić information content (AvgIpc) is 3.26. The van der Waals surface area contributed by atoms with Crippen molar-refractivity contribution in [3.63, 3.8) is 0 Å². The Bertz CT molecular complexity index is 705. The number of hydrogen-bond donors (Lipinski definition) is 2. The third-order valence-corrected chi connectivity index (χ3v) is 5.84. The van der Waals surface area contributed by atoms with Gasteiger partial charge in [-0.15, -0.1) is 0 Å². The van der Waals surface area contributed by atoms with E-state index in [2.05, 4.69) is 46.4 Å². The van der Waals surface area contributed by atoms with Gasteiger partial charge in [0.1, 0.15) is 0 Å². The average molecular weight is 311 g/mol. The third-order valence-electron chi connectivity index (χ3n) is 5.84. The smallest absolute Gasteiger partial charge is 0.224 e. The van der Waals surface area contributed by atoms with Crippen molar-refractivity contribution in [2.24, 2.45) is 23.5 Å². The van der Waals surface area contributed by atoms with E-state index in [1.165, 1.54) is 23.7 Å². The van der Waals surface area contributed by atoms with E-state index in [1.54, 1.807) is 0 Å². The molecule has 23 heavy (non-hydrogen) atoms. The first kappa shape index (κ1) is 14.8. The molecule has 4 atom stereocenters. The maximum atomic E-state index is 12.4. The molecule has 2 saturated carbocycles. The lowest BCUT2D eigenvalue weighted by atomic mass is 9.84. The fourth-order valence-electron chi connectivity index (χ4n) is 4.64. The highest BCUT2D eigenvalue weighted by Crippen LogP contribution is 2.47. The van der Waals surface area contributed by atoms with Crippen molar-refractivity contribution in [2.75, 3.05) is 6.54 Å². The molecule has 1 heterocycles. The molecule has 4 rings (SSSR count). The summed E-state index contributed by atoms with van der Waals surface area (Å²) in [6.45, 7) is 1.66. The summed E-state index contributed by atoms with van der Waals surface area (Å²) in [6, 6.07) is 10.6. The van der Waals surface area contributed by atoms with E-state index in [0.29, 0.717) is 11.8 Å². The number of aryl methyl sites for hydroxylation is 1. The summed E-state index contributed by atoms with van der Waals surface area (Å²) < 4.78 is 2.25. The Kier molecular flexibility index (Phi) is 3.85. The lowest BCUT2D eigenvalue weighted by Gasteiger charge is -2.27. The number of carbonyl (C=O) groups excluding carboxylic acids is 1. The van der Waals surface area contributed by atoms with Crippen LogP contribution in [-0.2, 0) is 11.3 Å². The summed E-state index contributed by atoms with van der Waals surface area (Å²) in [7, 11) is 0. The topological polar surface area (TPSA) is 60.1 Å². The molecule has 1 aromatic heterocycles. The van der Waals surface area contributed by atoms with Crippen LogP contribution >= 0.6 is 0 Å². The molecule has 2 aromatic rings. The Morgan fingerprint density at radius 3 is 2.87 bits per heavy atom. The Morgan fingerprint density at radius 2 is 2.04 bits per heavy atom. The van der Waals surface area contributed by atoms with Crippen molar-refractivity contribution in [2.45, 2.75) is 38.3 Å². The van der Waals surface area contributed by atoms with Crippen LogP contribution in [0.5, 0.6) is 0 Å². The van der Waals surface area contributed by atoms with Gasteiger partial charge in [-0.3, -0.25) is 4.79 Å². The van der Waals surface area contributed by atoms with Crippen molar-refractivity contribution >= 4 is 16.8 Å². The van der Waals surface area contributed by atoms with Crippen LogP contribution in [0.3, 0.4) is 0 Å². The molecule has 2 fully saturated rings. The summed E-state index contributed by atoms with van der Waals surface area (Å²) in [4.78, 5) is 12.4. The third kappa shape index (κ3) is 2.65. The van der Waals surface area contributed by atoms with E-state index >= 15 is 0 Å². The molecule has 4 heteroatoms. The second kappa shape index (κ2) is 6.00. The highest BCUT2D eigenvalue weighted by molar-refractivity contribution is 5.80. The van der Waals surface area contributed by atoms with Gasteiger partial charge < -0.3 is 15.6 Å². The van der Waals surface area contributed by atoms with Crippen molar-refractivity contribution < 1.29 is 4.79 Å². The molecular weight excluding hydrogens is 286 g/mol. The van der Waals surface area contributed by atoms with Crippen LogP contribution in [0.1, 0.15) is 25.7 Å². The van der Waals surface area contributed by atoms with Crippen molar-refractivity contribution in [3.05, 3.63) is 36.5 Å². The second-order valence-electron chi connectivity index (χ2n) is 7.15. The van der Waals surface area contributed by atoms with E-state index in [4.69, 9.17) is 5.73 Å². The van der Waals surface area contributed by atoms with E-state index in [0.717, 1.165) is 25.9 Å². The number of rotatable bonds is 5. The van der Waals surface area contributed by atoms with Gasteiger partial charge in [-0.25, -0.2) is 0 Å². The molecule has 0 radical (unpaired) electrons. The molecule has 2 aliphatic carbocycles. The van der Waals surface area contributed by atoms with Gasteiger partial charge in [-0.05, 0) is 55.0 Å². The largest absolute Gasteiger partial charge is 0.356 e. The minimum Gasteiger partial charge on any atom is -0.356 e. The first-order valence-corrected chi connectivity index (χ1v) is 8.81. The lowest BCUT2D eigenvalue weighted by Crippen LogP contribution is -2.45. The number of carbonyl (C=O) groups is 1. The molecule has 0 aliphatic heterocycles. The minimum absolute atomic E-state index is 0.0566. The fraction of sp³-hybridized carbons (Fsp3) is 0.526. The van der Waals surface area contributed by atoms with Crippen LogP contribution in [-0.4, -0.2) is 23.1 Å². The van der Waals surface area contributed by atoms with Gasteiger partial charge in [-0.1, -0.05) is 18.2 Å². The minimum atomic E-state index is 0.0566. The second-order valence-corrected chi connectivity index (χ2v) is 7.15. The number of nitrogens with two attached hydrogens (primary N) is 1. The van der Waals surface area contributed by atoms with Gasteiger partial charge in [0.25, 0.3) is 0 Å². The predicted octanol–water partition coefficient (Wildman–Crippen LogP) is 2.52. The number of nitrogens with zero attached hydrogens (tertiary/aromatic N) is 1. The van der Waals surface area contributed by atoms with Crippen molar-refractivity contribution in [3.8, 4) is 0 Å². The first-order chi connectivity index (χ1) is 11.2. The summed E-state index contributed by atoms with van der Waals surface area (Å²) in [5.74, 6) is 1.36. The predicted molar refractivity (Wildman–Crippen MR) is 91.9 cm³/mol. The molecule has 1 aromatic carbocycles. The van der Waals surface area contributed by atoms with Crippen LogP contribution in [0, 0.1) is 17.8 Å². The summed E-state index contributed by atoms with van der Waals surface area (Å²) in [5, 5.41) is 4.39. The van der Waals surface area contributed by atoms with Crippen LogP contribution in [0.4, 0.5) is 0 Å². The monoisotopic (exact) mass is 311 g/mol. The normalized spacial score (nSPS) is 29.3. The van der Waals surface area contributed by atoms with Gasteiger partial charge in [-0.2, -0.15) is 0 Å². The SMILES string of the molecule is NC1C2CCC(C2)C1C(=O)NCCCn1ccc2ccccc21. The number of para-hydroxylation sites is 1. The van der Waals surface area contributed by atoms with Crippen LogP contribution < -0.4 is 11.1 Å². The van der Waals surface area contributed by atoms with Gasteiger partial charge in [0.05, 0.1) is 5.92 Å². The standard InChI is InChI=1S/C19H25N3O/c20-18-15-7-6-14(12-15)17(18)19(23)21-9-3-10-22-11-8-13-4-1-2-5-16(13)22/h1-2,4-5,8,11,14-15,17-18H,3,6-7,9-10,12,20H2,(H,21,23). The van der Waals surface area contributed by atoms with Crippen LogP contribution in [0.2, 0.25) is 0 Å². The van der Waals surface area contributed by atoms with Gasteiger partial charge >= 0.3 is 0 Å².